The number of rotatable bonds is 4. The maximum atomic E-state index is 5.85. The van der Waals surface area contributed by atoms with Gasteiger partial charge in [0.1, 0.15) is 0 Å². The second-order valence-electron chi connectivity index (χ2n) is 6.65. The molecule has 1 saturated heterocycles. The van der Waals surface area contributed by atoms with Crippen molar-refractivity contribution in [2.24, 2.45) is 5.73 Å². The van der Waals surface area contributed by atoms with Crippen LogP contribution in [0.15, 0.2) is 54.6 Å². The number of nitrogens with zero attached hydrogens (tertiary/aromatic N) is 1. The van der Waals surface area contributed by atoms with Gasteiger partial charge in [0.25, 0.3) is 0 Å². The monoisotopic (exact) mass is 280 g/mol. The van der Waals surface area contributed by atoms with Crippen molar-refractivity contribution in [3.63, 3.8) is 0 Å². The fraction of sp³-hybridized carbons (Fsp3) is 0.368. The molecule has 1 heterocycles. The van der Waals surface area contributed by atoms with Crippen LogP contribution in [0.5, 0.6) is 0 Å². The minimum absolute atomic E-state index is 0.0556. The standard InChI is InChI=1S/C19H24N2/c1-19(2,14-20)17-8-10-18(11-9-17)21-12-16(13-21)15-6-4-3-5-7-15/h3-11,16H,12-14,20H2,1-2H3. The summed E-state index contributed by atoms with van der Waals surface area (Å²) in [6.45, 7) is 7.29. The van der Waals surface area contributed by atoms with Gasteiger partial charge in [-0.3, -0.25) is 0 Å². The van der Waals surface area contributed by atoms with Gasteiger partial charge in [0.2, 0.25) is 0 Å². The van der Waals surface area contributed by atoms with Crippen molar-refractivity contribution >= 4 is 5.69 Å². The Bertz CT molecular complexity index is 581. The summed E-state index contributed by atoms with van der Waals surface area (Å²) in [5.41, 5.74) is 9.99. The van der Waals surface area contributed by atoms with Crippen LogP contribution in [0.4, 0.5) is 5.69 Å². The molecule has 2 aromatic rings. The molecular formula is C19H24N2. The molecule has 0 aromatic heterocycles. The number of hydrogen-bond acceptors (Lipinski definition) is 2. The Morgan fingerprint density at radius 3 is 2.19 bits per heavy atom. The zero-order valence-electron chi connectivity index (χ0n) is 12.9. The molecule has 1 aliphatic rings. The number of hydrogen-bond donors (Lipinski definition) is 1. The van der Waals surface area contributed by atoms with E-state index in [0.29, 0.717) is 12.5 Å². The van der Waals surface area contributed by atoms with E-state index in [-0.39, 0.29) is 5.41 Å². The Morgan fingerprint density at radius 1 is 1.00 bits per heavy atom. The Kier molecular flexibility index (Phi) is 3.73. The molecule has 0 bridgehead atoms. The van der Waals surface area contributed by atoms with Crippen LogP contribution in [0, 0.1) is 0 Å². The molecule has 0 atom stereocenters. The first-order chi connectivity index (χ1) is 10.1. The predicted molar refractivity (Wildman–Crippen MR) is 89.9 cm³/mol. The minimum Gasteiger partial charge on any atom is -0.370 e. The third kappa shape index (κ3) is 2.81. The SMILES string of the molecule is CC(C)(CN)c1ccc(N2CC(c3ccccc3)C2)cc1. The highest BCUT2D eigenvalue weighted by molar-refractivity contribution is 5.52. The van der Waals surface area contributed by atoms with Crippen molar-refractivity contribution in [1.82, 2.24) is 0 Å². The van der Waals surface area contributed by atoms with Crippen LogP contribution in [-0.2, 0) is 5.41 Å². The lowest BCUT2D eigenvalue weighted by Gasteiger charge is -2.41. The molecule has 0 spiro atoms. The van der Waals surface area contributed by atoms with Gasteiger partial charge in [0, 0.05) is 36.7 Å². The molecule has 110 valence electrons. The van der Waals surface area contributed by atoms with E-state index >= 15 is 0 Å². The molecule has 1 fully saturated rings. The summed E-state index contributed by atoms with van der Waals surface area (Å²) in [4.78, 5) is 2.44. The van der Waals surface area contributed by atoms with Gasteiger partial charge in [-0.1, -0.05) is 56.3 Å². The summed E-state index contributed by atoms with van der Waals surface area (Å²) in [6.07, 6.45) is 0. The second-order valence-corrected chi connectivity index (χ2v) is 6.65. The van der Waals surface area contributed by atoms with Crippen molar-refractivity contribution < 1.29 is 0 Å². The summed E-state index contributed by atoms with van der Waals surface area (Å²) in [6, 6.07) is 19.7. The maximum Gasteiger partial charge on any atom is 0.0366 e. The summed E-state index contributed by atoms with van der Waals surface area (Å²) in [5.74, 6) is 0.673. The van der Waals surface area contributed by atoms with E-state index in [4.69, 9.17) is 5.73 Å². The van der Waals surface area contributed by atoms with Gasteiger partial charge in [-0.25, -0.2) is 0 Å². The van der Waals surface area contributed by atoms with Gasteiger partial charge in [-0.2, -0.15) is 0 Å². The van der Waals surface area contributed by atoms with Gasteiger partial charge in [-0.15, -0.1) is 0 Å². The Hall–Kier alpha value is -1.80. The molecule has 0 unspecified atom stereocenters. The van der Waals surface area contributed by atoms with Gasteiger partial charge >= 0.3 is 0 Å². The average molecular weight is 280 g/mol. The van der Waals surface area contributed by atoms with Crippen LogP contribution < -0.4 is 10.6 Å². The van der Waals surface area contributed by atoms with E-state index in [1.165, 1.54) is 16.8 Å². The first-order valence-corrected chi connectivity index (χ1v) is 7.71. The average Bonchev–Trinajstić information content (AvgIpc) is 2.47. The van der Waals surface area contributed by atoms with Gasteiger partial charge in [-0.05, 0) is 23.3 Å². The molecule has 2 heteroatoms. The summed E-state index contributed by atoms with van der Waals surface area (Å²) in [5, 5.41) is 0. The van der Waals surface area contributed by atoms with Gasteiger partial charge in [0.15, 0.2) is 0 Å². The van der Waals surface area contributed by atoms with Crippen LogP contribution in [0.2, 0.25) is 0 Å². The zero-order chi connectivity index (χ0) is 14.9. The molecule has 21 heavy (non-hydrogen) atoms. The highest BCUT2D eigenvalue weighted by Crippen LogP contribution is 2.32. The van der Waals surface area contributed by atoms with Crippen molar-refractivity contribution in [2.75, 3.05) is 24.5 Å². The molecule has 2 nitrogen and oxygen atoms in total. The van der Waals surface area contributed by atoms with E-state index in [1.807, 2.05) is 0 Å². The van der Waals surface area contributed by atoms with Crippen molar-refractivity contribution in [3.05, 3.63) is 65.7 Å². The third-order valence-electron chi connectivity index (χ3n) is 4.68. The lowest BCUT2D eigenvalue weighted by Crippen LogP contribution is -2.45. The third-order valence-corrected chi connectivity index (χ3v) is 4.68. The van der Waals surface area contributed by atoms with Gasteiger partial charge in [0.05, 0.1) is 0 Å². The second kappa shape index (κ2) is 5.53. The van der Waals surface area contributed by atoms with Crippen LogP contribution in [0.25, 0.3) is 0 Å². The molecule has 1 aliphatic heterocycles. The fourth-order valence-corrected chi connectivity index (χ4v) is 2.87. The van der Waals surface area contributed by atoms with Crippen molar-refractivity contribution in [2.45, 2.75) is 25.2 Å². The smallest absolute Gasteiger partial charge is 0.0366 e. The number of anilines is 1. The topological polar surface area (TPSA) is 29.3 Å². The van der Waals surface area contributed by atoms with Crippen molar-refractivity contribution in [1.29, 1.82) is 0 Å². The summed E-state index contributed by atoms with van der Waals surface area (Å²) >= 11 is 0. The maximum absolute atomic E-state index is 5.85. The molecule has 0 amide bonds. The highest BCUT2D eigenvalue weighted by Gasteiger charge is 2.28. The highest BCUT2D eigenvalue weighted by atomic mass is 15.2. The molecule has 0 radical (unpaired) electrons. The first-order valence-electron chi connectivity index (χ1n) is 7.71. The lowest BCUT2D eigenvalue weighted by molar-refractivity contribution is 0.523. The Balaban J connectivity index is 1.65. The summed E-state index contributed by atoms with van der Waals surface area (Å²) in [7, 11) is 0. The van der Waals surface area contributed by atoms with Crippen LogP contribution in [-0.4, -0.2) is 19.6 Å². The molecule has 0 aliphatic carbocycles. The summed E-state index contributed by atoms with van der Waals surface area (Å²) < 4.78 is 0. The van der Waals surface area contributed by atoms with Crippen LogP contribution in [0.3, 0.4) is 0 Å². The Labute approximate surface area is 127 Å². The van der Waals surface area contributed by atoms with E-state index in [2.05, 4.69) is 73.3 Å². The number of nitrogens with two attached hydrogens (primary N) is 1. The predicted octanol–water partition coefficient (Wildman–Crippen LogP) is 3.53. The molecule has 0 saturated carbocycles. The van der Waals surface area contributed by atoms with E-state index in [0.717, 1.165) is 13.1 Å². The largest absolute Gasteiger partial charge is 0.370 e. The molecule has 2 N–H and O–H groups in total. The van der Waals surface area contributed by atoms with E-state index in [1.54, 1.807) is 0 Å². The first kappa shape index (κ1) is 14.2. The van der Waals surface area contributed by atoms with E-state index in [9.17, 15) is 0 Å². The lowest BCUT2D eigenvalue weighted by atomic mass is 9.84. The molecule has 3 rings (SSSR count). The Morgan fingerprint density at radius 2 is 1.62 bits per heavy atom. The number of benzene rings is 2. The minimum atomic E-state index is 0.0556. The molecular weight excluding hydrogens is 256 g/mol. The van der Waals surface area contributed by atoms with Crippen molar-refractivity contribution in [3.8, 4) is 0 Å². The van der Waals surface area contributed by atoms with Crippen LogP contribution >= 0.6 is 0 Å². The fourth-order valence-electron chi connectivity index (χ4n) is 2.87. The quantitative estimate of drug-likeness (QED) is 0.928. The van der Waals surface area contributed by atoms with E-state index < -0.39 is 0 Å². The van der Waals surface area contributed by atoms with Gasteiger partial charge < -0.3 is 10.6 Å². The molecule has 2 aromatic carbocycles. The normalized spacial score (nSPS) is 15.9. The zero-order valence-corrected chi connectivity index (χ0v) is 12.9. The van der Waals surface area contributed by atoms with Crippen LogP contribution in [0.1, 0.15) is 30.9 Å².